The third kappa shape index (κ3) is 0.763. The molecule has 14 heavy (non-hydrogen) atoms. The van der Waals surface area contributed by atoms with E-state index in [1.165, 1.54) is 0 Å². The van der Waals surface area contributed by atoms with Crippen molar-refractivity contribution in [3.63, 3.8) is 0 Å². The molecule has 0 saturated heterocycles. The Bertz CT molecular complexity index is 601. The number of rotatable bonds is 0. The van der Waals surface area contributed by atoms with Crippen molar-refractivity contribution in [1.29, 1.82) is 0 Å². The number of benzene rings is 1. The summed E-state index contributed by atoms with van der Waals surface area (Å²) in [5, 5.41) is 1.90. The van der Waals surface area contributed by atoms with Gasteiger partial charge in [0.15, 0.2) is 0 Å². The van der Waals surface area contributed by atoms with Crippen molar-refractivity contribution < 1.29 is 8.83 Å². The van der Waals surface area contributed by atoms with Crippen LogP contribution in [0, 0.1) is 12.3 Å². The molecule has 3 rings (SSSR count). The van der Waals surface area contributed by atoms with Crippen LogP contribution in [-0.4, -0.2) is 0 Å². The number of hydrogen-bond acceptors (Lipinski definition) is 2. The van der Waals surface area contributed by atoms with Crippen LogP contribution >= 0.6 is 0 Å². The van der Waals surface area contributed by atoms with Crippen molar-refractivity contribution >= 4 is 21.9 Å². The van der Waals surface area contributed by atoms with E-state index in [2.05, 4.69) is 5.92 Å². The predicted octanol–water partition coefficient (Wildman–Crippen LogP) is 3.16. The van der Waals surface area contributed by atoms with Gasteiger partial charge in [-0.15, -0.1) is 6.42 Å². The minimum Gasteiger partial charge on any atom is -0.464 e. The summed E-state index contributed by atoms with van der Waals surface area (Å²) in [7, 11) is 0. The number of terminal acetylenes is 1. The molecule has 2 heterocycles. The fourth-order valence-electron chi connectivity index (χ4n) is 1.68. The second-order valence-electron chi connectivity index (χ2n) is 3.07. The van der Waals surface area contributed by atoms with Crippen LogP contribution in [0.4, 0.5) is 0 Å². The predicted molar refractivity (Wildman–Crippen MR) is 53.9 cm³/mol. The average Bonchev–Trinajstić information content (AvgIpc) is 2.80. The number of hydrogen-bond donors (Lipinski definition) is 0. The van der Waals surface area contributed by atoms with Crippen LogP contribution in [0.2, 0.25) is 0 Å². The smallest absolute Gasteiger partial charge is 0.150 e. The molecule has 3 aromatic rings. The number of furan rings is 2. The van der Waals surface area contributed by atoms with Crippen LogP contribution in [0.5, 0.6) is 0 Å². The summed E-state index contributed by atoms with van der Waals surface area (Å²) in [6, 6.07) is 5.65. The van der Waals surface area contributed by atoms with E-state index in [1.54, 1.807) is 12.5 Å². The van der Waals surface area contributed by atoms with Crippen LogP contribution in [-0.2, 0) is 0 Å². The van der Waals surface area contributed by atoms with E-state index in [4.69, 9.17) is 15.3 Å². The first kappa shape index (κ1) is 7.28. The fraction of sp³-hybridized carbons (Fsp3) is 0. The quantitative estimate of drug-likeness (QED) is 0.499. The van der Waals surface area contributed by atoms with Gasteiger partial charge in [-0.05, 0) is 18.2 Å². The van der Waals surface area contributed by atoms with E-state index >= 15 is 0 Å². The molecule has 0 atom stereocenters. The second-order valence-corrected chi connectivity index (χ2v) is 3.07. The SMILES string of the molecule is C#Cc1c2ccoc2cc2ccoc12. The molecule has 0 aliphatic carbocycles. The Labute approximate surface area is 80.1 Å². The van der Waals surface area contributed by atoms with E-state index in [9.17, 15) is 0 Å². The summed E-state index contributed by atoms with van der Waals surface area (Å²) in [6.45, 7) is 0. The average molecular weight is 182 g/mol. The summed E-state index contributed by atoms with van der Waals surface area (Å²) >= 11 is 0. The first-order valence-electron chi connectivity index (χ1n) is 4.24. The van der Waals surface area contributed by atoms with E-state index in [1.807, 2.05) is 18.2 Å². The molecule has 0 amide bonds. The highest BCUT2D eigenvalue weighted by atomic mass is 16.3. The van der Waals surface area contributed by atoms with Crippen molar-refractivity contribution in [1.82, 2.24) is 0 Å². The summed E-state index contributed by atoms with van der Waals surface area (Å²) in [5.41, 5.74) is 2.31. The summed E-state index contributed by atoms with van der Waals surface area (Å²) in [6.07, 6.45) is 8.71. The standard InChI is InChI=1S/C12H6O2/c1-2-9-10-4-6-13-11(10)7-8-3-5-14-12(8)9/h1,3-7H. The lowest BCUT2D eigenvalue weighted by atomic mass is 10.1. The Morgan fingerprint density at radius 3 is 2.86 bits per heavy atom. The van der Waals surface area contributed by atoms with E-state index in [-0.39, 0.29) is 0 Å². The molecule has 0 N–H and O–H groups in total. The van der Waals surface area contributed by atoms with Crippen molar-refractivity contribution in [2.75, 3.05) is 0 Å². The van der Waals surface area contributed by atoms with Gasteiger partial charge in [-0.1, -0.05) is 5.92 Å². The van der Waals surface area contributed by atoms with Crippen LogP contribution in [0.15, 0.2) is 39.6 Å². The molecular weight excluding hydrogens is 176 g/mol. The van der Waals surface area contributed by atoms with Gasteiger partial charge in [0.25, 0.3) is 0 Å². The van der Waals surface area contributed by atoms with Gasteiger partial charge in [0, 0.05) is 10.8 Å². The molecule has 0 aliphatic rings. The Kier molecular flexibility index (Phi) is 1.26. The Morgan fingerprint density at radius 1 is 1.14 bits per heavy atom. The molecule has 0 bridgehead atoms. The molecule has 66 valence electrons. The minimum absolute atomic E-state index is 0.751. The highest BCUT2D eigenvalue weighted by Gasteiger charge is 2.09. The van der Waals surface area contributed by atoms with Gasteiger partial charge >= 0.3 is 0 Å². The number of fused-ring (bicyclic) bond motifs is 2. The normalized spacial score (nSPS) is 10.8. The lowest BCUT2D eigenvalue weighted by Gasteiger charge is -1.95. The zero-order valence-corrected chi connectivity index (χ0v) is 7.28. The zero-order valence-electron chi connectivity index (χ0n) is 7.28. The van der Waals surface area contributed by atoms with E-state index < -0.39 is 0 Å². The maximum atomic E-state index is 5.45. The summed E-state index contributed by atoms with van der Waals surface area (Å²) in [5.74, 6) is 2.63. The monoisotopic (exact) mass is 182 g/mol. The molecule has 0 aliphatic heterocycles. The van der Waals surface area contributed by atoms with Gasteiger partial charge in [-0.25, -0.2) is 0 Å². The van der Waals surface area contributed by atoms with Crippen LogP contribution in [0.3, 0.4) is 0 Å². The maximum Gasteiger partial charge on any atom is 0.150 e. The van der Waals surface area contributed by atoms with Crippen molar-refractivity contribution in [3.05, 3.63) is 36.3 Å². The van der Waals surface area contributed by atoms with Gasteiger partial charge in [0.1, 0.15) is 11.2 Å². The van der Waals surface area contributed by atoms with Gasteiger partial charge in [0.2, 0.25) is 0 Å². The second kappa shape index (κ2) is 2.43. The van der Waals surface area contributed by atoms with E-state index in [0.717, 1.165) is 27.5 Å². The van der Waals surface area contributed by atoms with Crippen LogP contribution in [0.1, 0.15) is 5.56 Å². The Balaban J connectivity index is 2.68. The lowest BCUT2D eigenvalue weighted by molar-refractivity contribution is 0.611. The van der Waals surface area contributed by atoms with Crippen molar-refractivity contribution in [2.24, 2.45) is 0 Å². The lowest BCUT2D eigenvalue weighted by Crippen LogP contribution is -1.76. The minimum atomic E-state index is 0.751. The Hall–Kier alpha value is -2.14. The molecule has 2 heteroatoms. The Morgan fingerprint density at radius 2 is 2.00 bits per heavy atom. The van der Waals surface area contributed by atoms with Crippen LogP contribution < -0.4 is 0 Å². The molecule has 2 nitrogen and oxygen atoms in total. The van der Waals surface area contributed by atoms with Gasteiger partial charge in [-0.3, -0.25) is 0 Å². The topological polar surface area (TPSA) is 26.3 Å². The highest BCUT2D eigenvalue weighted by molar-refractivity contribution is 6.00. The molecule has 0 saturated carbocycles. The first-order chi connectivity index (χ1) is 6.90. The maximum absolute atomic E-state index is 5.45. The molecular formula is C12H6O2. The molecule has 0 fully saturated rings. The van der Waals surface area contributed by atoms with Gasteiger partial charge < -0.3 is 8.83 Å². The fourth-order valence-corrected chi connectivity index (χ4v) is 1.68. The molecule has 2 aromatic heterocycles. The zero-order chi connectivity index (χ0) is 9.54. The van der Waals surface area contributed by atoms with Crippen molar-refractivity contribution in [3.8, 4) is 12.3 Å². The molecule has 1 aromatic carbocycles. The third-order valence-electron chi connectivity index (χ3n) is 2.32. The first-order valence-corrected chi connectivity index (χ1v) is 4.24. The van der Waals surface area contributed by atoms with Crippen molar-refractivity contribution in [2.45, 2.75) is 0 Å². The largest absolute Gasteiger partial charge is 0.464 e. The third-order valence-corrected chi connectivity index (χ3v) is 2.32. The van der Waals surface area contributed by atoms with E-state index in [0.29, 0.717) is 0 Å². The highest BCUT2D eigenvalue weighted by Crippen LogP contribution is 2.29. The molecule has 0 spiro atoms. The van der Waals surface area contributed by atoms with Gasteiger partial charge in [-0.2, -0.15) is 0 Å². The van der Waals surface area contributed by atoms with Gasteiger partial charge in [0.05, 0.1) is 18.1 Å². The molecule has 0 unspecified atom stereocenters. The van der Waals surface area contributed by atoms with Crippen LogP contribution in [0.25, 0.3) is 21.9 Å². The summed E-state index contributed by atoms with van der Waals surface area (Å²) < 4.78 is 10.6. The summed E-state index contributed by atoms with van der Waals surface area (Å²) in [4.78, 5) is 0. The molecule has 0 radical (unpaired) electrons.